The third kappa shape index (κ3) is 4.00. The van der Waals surface area contributed by atoms with E-state index in [4.69, 9.17) is 14.2 Å². The summed E-state index contributed by atoms with van der Waals surface area (Å²) in [7, 11) is 0. The molecule has 0 saturated carbocycles. The van der Waals surface area contributed by atoms with Crippen LogP contribution in [0.1, 0.15) is 5.56 Å². The van der Waals surface area contributed by atoms with Gasteiger partial charge in [0.1, 0.15) is 5.75 Å². The normalized spacial score (nSPS) is 30.7. The van der Waals surface area contributed by atoms with Gasteiger partial charge in [-0.2, -0.15) is 0 Å². The molecule has 1 aromatic carbocycles. The van der Waals surface area contributed by atoms with Gasteiger partial charge in [-0.15, -0.1) is 0 Å². The minimum Gasteiger partial charge on any atom is -0.507 e. The Hall–Kier alpha value is -1.22. The van der Waals surface area contributed by atoms with E-state index in [0.29, 0.717) is 19.6 Å². The zero-order valence-electron chi connectivity index (χ0n) is 13.0. The standard InChI is InChI=1S/C16H23N3O4/c20-15-4-2-1-3-14(15)16(17-5-11-8-21-11,18-6-12-9-22-12)19-7-13-10-23-13/h1-4,11-13,17-20H,5-10H2. The largest absolute Gasteiger partial charge is 0.507 e. The molecule has 1 aromatic rings. The molecule has 3 aliphatic rings. The Morgan fingerprint density at radius 3 is 1.70 bits per heavy atom. The molecule has 126 valence electrons. The number of rotatable bonds is 10. The average Bonchev–Trinajstić information content (AvgIpc) is 3.40. The molecule has 3 heterocycles. The second-order valence-corrected chi connectivity index (χ2v) is 6.28. The highest BCUT2D eigenvalue weighted by atomic mass is 16.6. The smallest absolute Gasteiger partial charge is 0.154 e. The molecule has 0 aromatic heterocycles. The number of phenolic OH excluding ortho intramolecular Hbond substituents is 1. The maximum Gasteiger partial charge on any atom is 0.154 e. The van der Waals surface area contributed by atoms with Crippen molar-refractivity contribution >= 4 is 0 Å². The first kappa shape index (κ1) is 15.3. The van der Waals surface area contributed by atoms with Gasteiger partial charge in [0, 0.05) is 25.2 Å². The van der Waals surface area contributed by atoms with E-state index in [0.717, 1.165) is 25.4 Å². The van der Waals surface area contributed by atoms with Crippen LogP contribution >= 0.6 is 0 Å². The SMILES string of the molecule is Oc1ccccc1C(NCC1CO1)(NCC1CO1)NCC1CO1. The summed E-state index contributed by atoms with van der Waals surface area (Å²) in [6, 6.07) is 7.35. The van der Waals surface area contributed by atoms with Crippen molar-refractivity contribution < 1.29 is 19.3 Å². The fourth-order valence-corrected chi connectivity index (χ4v) is 2.62. The Labute approximate surface area is 135 Å². The molecule has 4 N–H and O–H groups in total. The Morgan fingerprint density at radius 1 is 0.870 bits per heavy atom. The van der Waals surface area contributed by atoms with Crippen LogP contribution in [0.5, 0.6) is 5.75 Å². The lowest BCUT2D eigenvalue weighted by Gasteiger charge is -2.37. The van der Waals surface area contributed by atoms with Gasteiger partial charge in [0.15, 0.2) is 5.79 Å². The molecule has 7 heteroatoms. The summed E-state index contributed by atoms with van der Waals surface area (Å²) in [5.74, 6) is -0.500. The van der Waals surface area contributed by atoms with Gasteiger partial charge >= 0.3 is 0 Å². The first-order valence-corrected chi connectivity index (χ1v) is 8.13. The van der Waals surface area contributed by atoms with Crippen LogP contribution < -0.4 is 16.0 Å². The number of benzene rings is 1. The molecule has 4 rings (SSSR count). The minimum absolute atomic E-state index is 0.234. The molecule has 3 unspecified atom stereocenters. The van der Waals surface area contributed by atoms with E-state index in [9.17, 15) is 5.11 Å². The van der Waals surface area contributed by atoms with Crippen LogP contribution in [-0.4, -0.2) is 62.9 Å². The van der Waals surface area contributed by atoms with E-state index in [1.54, 1.807) is 6.07 Å². The lowest BCUT2D eigenvalue weighted by molar-refractivity contribution is 0.175. The summed E-state index contributed by atoms with van der Waals surface area (Å²) in [4.78, 5) is 0. The number of nitrogens with one attached hydrogen (secondary N) is 3. The molecule has 7 nitrogen and oxygen atoms in total. The summed E-state index contributed by atoms with van der Waals surface area (Å²) in [5, 5.41) is 20.9. The molecule has 3 atom stereocenters. The van der Waals surface area contributed by atoms with Gasteiger partial charge in [-0.3, -0.25) is 16.0 Å². The highest BCUT2D eigenvalue weighted by molar-refractivity contribution is 5.37. The Kier molecular flexibility index (Phi) is 4.23. The van der Waals surface area contributed by atoms with Crippen LogP contribution in [0.3, 0.4) is 0 Å². The van der Waals surface area contributed by atoms with E-state index in [-0.39, 0.29) is 24.1 Å². The second kappa shape index (κ2) is 6.35. The lowest BCUT2D eigenvalue weighted by Crippen LogP contribution is -2.65. The number of aromatic hydroxyl groups is 1. The van der Waals surface area contributed by atoms with Gasteiger partial charge < -0.3 is 19.3 Å². The fourth-order valence-electron chi connectivity index (χ4n) is 2.62. The van der Waals surface area contributed by atoms with Crippen molar-refractivity contribution in [3.8, 4) is 5.75 Å². The Balaban J connectivity index is 1.56. The predicted molar refractivity (Wildman–Crippen MR) is 83.0 cm³/mol. The molecule has 3 saturated heterocycles. The monoisotopic (exact) mass is 321 g/mol. The number of hydrogen-bond acceptors (Lipinski definition) is 7. The van der Waals surface area contributed by atoms with Crippen LogP contribution in [0, 0.1) is 0 Å². The minimum atomic E-state index is -0.741. The van der Waals surface area contributed by atoms with Gasteiger partial charge in [-0.25, -0.2) is 0 Å². The van der Waals surface area contributed by atoms with E-state index < -0.39 is 5.79 Å². The molecule has 3 aliphatic heterocycles. The van der Waals surface area contributed by atoms with Gasteiger partial charge in [0.2, 0.25) is 0 Å². The highest BCUT2D eigenvalue weighted by Gasteiger charge is 2.39. The molecule has 23 heavy (non-hydrogen) atoms. The van der Waals surface area contributed by atoms with Crippen LogP contribution in [-0.2, 0) is 20.0 Å². The number of phenols is 1. The van der Waals surface area contributed by atoms with Gasteiger partial charge in [-0.1, -0.05) is 18.2 Å². The van der Waals surface area contributed by atoms with Crippen molar-refractivity contribution in [2.75, 3.05) is 39.5 Å². The fraction of sp³-hybridized carbons (Fsp3) is 0.625. The first-order valence-electron chi connectivity index (χ1n) is 8.13. The van der Waals surface area contributed by atoms with E-state index in [1.807, 2.05) is 18.2 Å². The van der Waals surface area contributed by atoms with E-state index >= 15 is 0 Å². The van der Waals surface area contributed by atoms with Gasteiger partial charge in [0.05, 0.1) is 38.1 Å². The number of ether oxygens (including phenoxy) is 3. The lowest BCUT2D eigenvalue weighted by atomic mass is 10.0. The number of epoxide rings is 3. The first-order chi connectivity index (χ1) is 11.3. The molecular formula is C16H23N3O4. The van der Waals surface area contributed by atoms with Crippen molar-refractivity contribution in [3.05, 3.63) is 29.8 Å². The van der Waals surface area contributed by atoms with Crippen molar-refractivity contribution in [2.45, 2.75) is 24.1 Å². The summed E-state index contributed by atoms with van der Waals surface area (Å²) < 4.78 is 15.9. The molecule has 0 bridgehead atoms. The van der Waals surface area contributed by atoms with Crippen molar-refractivity contribution in [1.82, 2.24) is 16.0 Å². The Bertz CT molecular complexity index is 503. The second-order valence-electron chi connectivity index (χ2n) is 6.28. The number of hydrogen-bond donors (Lipinski definition) is 4. The van der Waals surface area contributed by atoms with Crippen LogP contribution in [0.4, 0.5) is 0 Å². The molecule has 0 aliphatic carbocycles. The predicted octanol–water partition coefficient (Wildman–Crippen LogP) is -0.532. The third-order valence-corrected chi connectivity index (χ3v) is 4.30. The average molecular weight is 321 g/mol. The molecule has 0 radical (unpaired) electrons. The van der Waals surface area contributed by atoms with E-state index in [1.165, 1.54) is 0 Å². The maximum absolute atomic E-state index is 10.4. The molecule has 0 amide bonds. The van der Waals surface area contributed by atoms with Crippen LogP contribution in [0.15, 0.2) is 24.3 Å². The highest BCUT2D eigenvalue weighted by Crippen LogP contribution is 2.27. The summed E-state index contributed by atoms with van der Waals surface area (Å²) in [6.45, 7) is 4.44. The Morgan fingerprint density at radius 2 is 1.30 bits per heavy atom. The maximum atomic E-state index is 10.4. The third-order valence-electron chi connectivity index (χ3n) is 4.30. The molecule has 0 spiro atoms. The van der Waals surface area contributed by atoms with Crippen molar-refractivity contribution in [1.29, 1.82) is 0 Å². The summed E-state index contributed by atoms with van der Waals surface area (Å²) >= 11 is 0. The summed E-state index contributed by atoms with van der Waals surface area (Å²) in [6.07, 6.45) is 0.703. The summed E-state index contributed by atoms with van der Waals surface area (Å²) in [5.41, 5.74) is 0.766. The van der Waals surface area contributed by atoms with Gasteiger partial charge in [0.25, 0.3) is 0 Å². The van der Waals surface area contributed by atoms with E-state index in [2.05, 4.69) is 16.0 Å². The van der Waals surface area contributed by atoms with Crippen molar-refractivity contribution in [3.63, 3.8) is 0 Å². The van der Waals surface area contributed by atoms with Crippen LogP contribution in [0.2, 0.25) is 0 Å². The van der Waals surface area contributed by atoms with Gasteiger partial charge in [-0.05, 0) is 6.07 Å². The molecule has 3 fully saturated rings. The van der Waals surface area contributed by atoms with Crippen LogP contribution in [0.25, 0.3) is 0 Å². The molecular weight excluding hydrogens is 298 g/mol. The quantitative estimate of drug-likeness (QED) is 0.340. The topological polar surface area (TPSA) is 93.9 Å². The zero-order valence-corrected chi connectivity index (χ0v) is 13.0. The van der Waals surface area contributed by atoms with Crippen molar-refractivity contribution in [2.24, 2.45) is 0 Å². The number of para-hydroxylation sites is 1. The zero-order chi connectivity index (χ0) is 15.7.